The predicted molar refractivity (Wildman–Crippen MR) is 112 cm³/mol. The Morgan fingerprint density at radius 2 is 1.96 bits per heavy atom. The lowest BCUT2D eigenvalue weighted by molar-refractivity contribution is -0.134. The Kier molecular flexibility index (Phi) is 7.07. The van der Waals surface area contributed by atoms with Crippen molar-refractivity contribution in [2.75, 3.05) is 27.2 Å². The standard InChI is InChI=1S/C18H24ClN3O2S2/c1-18(2)15(16(24)22(17(25)26-18)10-9-21(3)4)20-14(23)11-12-5-7-13(19)8-6-12/h5-8,15H,9-11H2,1-4H3,(H,20,23). The summed E-state index contributed by atoms with van der Waals surface area (Å²) in [5, 5.41) is 3.53. The molecule has 1 aliphatic heterocycles. The second-order valence-corrected chi connectivity index (χ2v) is 9.79. The van der Waals surface area contributed by atoms with E-state index >= 15 is 0 Å². The molecular formula is C18H24ClN3O2S2. The molecule has 26 heavy (non-hydrogen) atoms. The van der Waals surface area contributed by atoms with Gasteiger partial charge in [-0.2, -0.15) is 0 Å². The number of carbonyl (C=O) groups excluding carboxylic acids is 2. The number of thiocarbonyl (C=S) groups is 1. The summed E-state index contributed by atoms with van der Waals surface area (Å²) >= 11 is 12.7. The van der Waals surface area contributed by atoms with Gasteiger partial charge >= 0.3 is 0 Å². The molecule has 142 valence electrons. The minimum absolute atomic E-state index is 0.148. The lowest BCUT2D eigenvalue weighted by Gasteiger charge is -2.42. The van der Waals surface area contributed by atoms with E-state index in [1.54, 1.807) is 17.0 Å². The van der Waals surface area contributed by atoms with Gasteiger partial charge in [-0.3, -0.25) is 14.5 Å². The number of amides is 2. The van der Waals surface area contributed by atoms with Gasteiger partial charge in [-0.05, 0) is 45.6 Å². The summed E-state index contributed by atoms with van der Waals surface area (Å²) in [5.41, 5.74) is 0.848. The van der Waals surface area contributed by atoms with Gasteiger partial charge in [-0.25, -0.2) is 0 Å². The molecule has 0 spiro atoms. The van der Waals surface area contributed by atoms with Crippen LogP contribution in [-0.4, -0.2) is 63.9 Å². The van der Waals surface area contributed by atoms with E-state index in [0.717, 1.165) is 5.56 Å². The summed E-state index contributed by atoms with van der Waals surface area (Å²) in [6.07, 6.45) is 0.198. The van der Waals surface area contributed by atoms with Gasteiger partial charge in [0.2, 0.25) is 5.91 Å². The lowest BCUT2D eigenvalue weighted by Crippen LogP contribution is -2.63. The van der Waals surface area contributed by atoms with E-state index in [1.807, 2.05) is 45.0 Å². The van der Waals surface area contributed by atoms with Crippen molar-refractivity contribution in [3.8, 4) is 0 Å². The van der Waals surface area contributed by atoms with E-state index in [0.29, 0.717) is 22.4 Å². The Hall–Kier alpha value is -1.15. The van der Waals surface area contributed by atoms with Crippen molar-refractivity contribution in [1.29, 1.82) is 0 Å². The maximum Gasteiger partial charge on any atom is 0.252 e. The van der Waals surface area contributed by atoms with Crippen LogP contribution in [0.4, 0.5) is 0 Å². The summed E-state index contributed by atoms with van der Waals surface area (Å²) < 4.78 is 0.0587. The smallest absolute Gasteiger partial charge is 0.252 e. The molecule has 1 heterocycles. The number of nitrogens with one attached hydrogen (secondary N) is 1. The number of benzene rings is 1. The Labute approximate surface area is 169 Å². The van der Waals surface area contributed by atoms with Crippen molar-refractivity contribution in [2.24, 2.45) is 0 Å². The van der Waals surface area contributed by atoms with Gasteiger partial charge in [-0.15, -0.1) is 0 Å². The van der Waals surface area contributed by atoms with Crippen molar-refractivity contribution >= 4 is 51.7 Å². The summed E-state index contributed by atoms with van der Waals surface area (Å²) in [7, 11) is 3.89. The molecule has 1 aromatic rings. The number of hydrogen-bond donors (Lipinski definition) is 1. The van der Waals surface area contributed by atoms with Crippen LogP contribution in [0, 0.1) is 0 Å². The first-order chi connectivity index (χ1) is 12.1. The Morgan fingerprint density at radius 3 is 2.54 bits per heavy atom. The number of halogens is 1. The molecular weight excluding hydrogens is 390 g/mol. The van der Waals surface area contributed by atoms with E-state index in [1.165, 1.54) is 11.8 Å². The van der Waals surface area contributed by atoms with E-state index in [2.05, 4.69) is 5.32 Å². The molecule has 0 aromatic heterocycles. The summed E-state index contributed by atoms with van der Waals surface area (Å²) in [6, 6.07) is 6.49. The van der Waals surface area contributed by atoms with Crippen LogP contribution in [0.3, 0.4) is 0 Å². The summed E-state index contributed by atoms with van der Waals surface area (Å²) in [5.74, 6) is -0.343. The van der Waals surface area contributed by atoms with Gasteiger partial charge < -0.3 is 10.2 Å². The van der Waals surface area contributed by atoms with Crippen LogP contribution in [0.2, 0.25) is 5.02 Å². The third kappa shape index (κ3) is 5.42. The number of rotatable bonds is 6. The first kappa shape index (κ1) is 21.2. The van der Waals surface area contributed by atoms with Gasteiger partial charge in [0.25, 0.3) is 5.91 Å². The molecule has 2 amide bonds. The zero-order valence-electron chi connectivity index (χ0n) is 15.4. The Bertz CT molecular complexity index is 692. The van der Waals surface area contributed by atoms with Crippen molar-refractivity contribution in [2.45, 2.75) is 31.1 Å². The molecule has 0 saturated carbocycles. The zero-order valence-corrected chi connectivity index (χ0v) is 17.8. The van der Waals surface area contributed by atoms with Crippen LogP contribution in [0.15, 0.2) is 24.3 Å². The molecule has 1 aliphatic rings. The van der Waals surface area contributed by atoms with E-state index in [-0.39, 0.29) is 18.2 Å². The monoisotopic (exact) mass is 413 g/mol. The third-order valence-electron chi connectivity index (χ3n) is 4.13. The van der Waals surface area contributed by atoms with Gasteiger partial charge in [0.05, 0.1) is 6.42 Å². The van der Waals surface area contributed by atoms with Gasteiger partial charge in [0, 0.05) is 22.9 Å². The van der Waals surface area contributed by atoms with Crippen molar-refractivity contribution in [3.63, 3.8) is 0 Å². The maximum absolute atomic E-state index is 13.0. The number of thioether (sulfide) groups is 1. The van der Waals surface area contributed by atoms with Crippen LogP contribution >= 0.6 is 35.6 Å². The van der Waals surface area contributed by atoms with Crippen LogP contribution in [0.1, 0.15) is 19.4 Å². The highest BCUT2D eigenvalue weighted by Gasteiger charge is 2.46. The minimum atomic E-state index is -0.624. The van der Waals surface area contributed by atoms with Gasteiger partial charge in [0.15, 0.2) is 0 Å². The molecule has 0 aliphatic carbocycles. The second-order valence-electron chi connectivity index (χ2n) is 7.07. The third-order valence-corrected chi connectivity index (χ3v) is 6.01. The maximum atomic E-state index is 13.0. The number of nitrogens with zero attached hydrogens (tertiary/aromatic N) is 2. The fourth-order valence-corrected chi connectivity index (χ4v) is 4.59. The van der Waals surface area contributed by atoms with Crippen LogP contribution < -0.4 is 5.32 Å². The summed E-state index contributed by atoms with van der Waals surface area (Å²) in [4.78, 5) is 29.0. The van der Waals surface area contributed by atoms with E-state index < -0.39 is 10.8 Å². The molecule has 0 radical (unpaired) electrons. The quantitative estimate of drug-likeness (QED) is 0.726. The Morgan fingerprint density at radius 1 is 1.35 bits per heavy atom. The topological polar surface area (TPSA) is 52.6 Å². The zero-order chi connectivity index (χ0) is 19.5. The molecule has 0 bridgehead atoms. The number of hydrogen-bond acceptors (Lipinski definition) is 5. The largest absolute Gasteiger partial charge is 0.343 e. The fraction of sp³-hybridized carbons (Fsp3) is 0.500. The van der Waals surface area contributed by atoms with Crippen molar-refractivity contribution < 1.29 is 9.59 Å². The van der Waals surface area contributed by atoms with Crippen molar-refractivity contribution in [3.05, 3.63) is 34.9 Å². The fourth-order valence-electron chi connectivity index (χ4n) is 2.62. The first-order valence-corrected chi connectivity index (χ1v) is 9.93. The van der Waals surface area contributed by atoms with Crippen LogP contribution in [0.5, 0.6) is 0 Å². The number of carbonyl (C=O) groups is 2. The van der Waals surface area contributed by atoms with E-state index in [4.69, 9.17) is 23.8 Å². The minimum Gasteiger partial charge on any atom is -0.343 e. The highest BCUT2D eigenvalue weighted by Crippen LogP contribution is 2.36. The summed E-state index contributed by atoms with van der Waals surface area (Å²) in [6.45, 7) is 5.08. The van der Waals surface area contributed by atoms with Crippen molar-refractivity contribution in [1.82, 2.24) is 15.1 Å². The van der Waals surface area contributed by atoms with Crippen LogP contribution in [-0.2, 0) is 16.0 Å². The predicted octanol–water partition coefficient (Wildman–Crippen LogP) is 2.57. The molecule has 1 fully saturated rings. The molecule has 1 unspecified atom stereocenters. The SMILES string of the molecule is CN(C)CCN1C(=O)C(NC(=O)Cc2ccc(Cl)cc2)C(C)(C)SC1=S. The highest BCUT2D eigenvalue weighted by molar-refractivity contribution is 8.24. The molecule has 1 atom stereocenters. The highest BCUT2D eigenvalue weighted by atomic mass is 35.5. The van der Waals surface area contributed by atoms with Crippen LogP contribution in [0.25, 0.3) is 0 Å². The van der Waals surface area contributed by atoms with Gasteiger partial charge in [0.1, 0.15) is 10.4 Å². The molecule has 1 aromatic carbocycles. The normalized spacial score (nSPS) is 19.8. The number of likely N-dealkylation sites (N-methyl/N-ethyl adjacent to an activating group) is 1. The molecule has 1 N–H and O–H groups in total. The average molecular weight is 414 g/mol. The molecule has 8 heteroatoms. The molecule has 5 nitrogen and oxygen atoms in total. The average Bonchev–Trinajstić information content (AvgIpc) is 2.52. The molecule has 1 saturated heterocycles. The van der Waals surface area contributed by atoms with E-state index in [9.17, 15) is 9.59 Å². The molecule has 2 rings (SSSR count). The first-order valence-electron chi connectivity index (χ1n) is 8.33. The van der Waals surface area contributed by atoms with Gasteiger partial charge in [-0.1, -0.05) is 47.7 Å². The second kappa shape index (κ2) is 8.69. The lowest BCUT2D eigenvalue weighted by atomic mass is 10.0. The Balaban J connectivity index is 2.08.